The highest BCUT2D eigenvalue weighted by Gasteiger charge is 2.28. The van der Waals surface area contributed by atoms with Gasteiger partial charge in [-0.1, -0.05) is 30.3 Å². The van der Waals surface area contributed by atoms with Crippen molar-refractivity contribution < 1.29 is 14.3 Å². The molecule has 0 radical (unpaired) electrons. The van der Waals surface area contributed by atoms with Gasteiger partial charge in [-0.15, -0.1) is 0 Å². The van der Waals surface area contributed by atoms with Gasteiger partial charge in [-0.2, -0.15) is 0 Å². The van der Waals surface area contributed by atoms with E-state index in [2.05, 4.69) is 10.6 Å². The summed E-state index contributed by atoms with van der Waals surface area (Å²) in [5.41, 5.74) is 11.1. The highest BCUT2D eigenvalue weighted by Crippen LogP contribution is 2.38. The first-order chi connectivity index (χ1) is 14.1. The Balaban J connectivity index is 1.81. The molecule has 6 heteroatoms. The normalized spacial score (nSPS) is 14.0. The number of nitrogen functional groups attached to an aromatic ring is 1. The number of hydrogen-bond donors (Lipinski definition) is 3. The molecule has 3 aromatic carbocycles. The summed E-state index contributed by atoms with van der Waals surface area (Å²) in [6.07, 6.45) is 0. The molecule has 4 N–H and O–H groups in total. The smallest absolute Gasteiger partial charge is 0.337 e. The lowest BCUT2D eigenvalue weighted by atomic mass is 9.99. The average molecular weight is 385 g/mol. The SMILES string of the molecule is COC(=O)c1ccc(NC(=C2C(=O)Nc3cc(N)ccc32)c2ccccc2)cc1. The van der Waals surface area contributed by atoms with Crippen LogP contribution in [0.4, 0.5) is 17.1 Å². The average Bonchev–Trinajstić information content (AvgIpc) is 3.07. The van der Waals surface area contributed by atoms with Crippen LogP contribution in [0.5, 0.6) is 0 Å². The number of nitrogens with two attached hydrogens (primary N) is 1. The number of rotatable bonds is 4. The van der Waals surface area contributed by atoms with Crippen LogP contribution in [0.1, 0.15) is 21.5 Å². The summed E-state index contributed by atoms with van der Waals surface area (Å²) in [6.45, 7) is 0. The molecule has 0 spiro atoms. The minimum atomic E-state index is -0.403. The zero-order chi connectivity index (χ0) is 20.4. The van der Waals surface area contributed by atoms with E-state index in [4.69, 9.17) is 10.5 Å². The minimum Gasteiger partial charge on any atom is -0.465 e. The standard InChI is InChI=1S/C23H19N3O3/c1-29-23(28)15-7-10-17(11-8-15)25-21(14-5-3-2-4-6-14)20-18-12-9-16(24)13-19(18)26-22(20)27/h2-13,25H,24H2,1H3,(H,26,27). The first-order valence-corrected chi connectivity index (χ1v) is 9.03. The van der Waals surface area contributed by atoms with Gasteiger partial charge in [0.1, 0.15) is 0 Å². The molecule has 1 aliphatic heterocycles. The first-order valence-electron chi connectivity index (χ1n) is 9.03. The van der Waals surface area contributed by atoms with Crippen LogP contribution in [0.2, 0.25) is 0 Å². The van der Waals surface area contributed by atoms with Crippen LogP contribution in [0.3, 0.4) is 0 Å². The number of amides is 1. The van der Waals surface area contributed by atoms with Crippen molar-refractivity contribution >= 4 is 40.2 Å². The minimum absolute atomic E-state index is 0.205. The van der Waals surface area contributed by atoms with Crippen molar-refractivity contribution in [3.8, 4) is 0 Å². The largest absolute Gasteiger partial charge is 0.465 e. The second-order valence-electron chi connectivity index (χ2n) is 6.57. The van der Waals surface area contributed by atoms with Crippen LogP contribution < -0.4 is 16.4 Å². The molecule has 1 amide bonds. The van der Waals surface area contributed by atoms with E-state index >= 15 is 0 Å². The summed E-state index contributed by atoms with van der Waals surface area (Å²) in [4.78, 5) is 24.5. The molecule has 144 valence electrons. The van der Waals surface area contributed by atoms with Gasteiger partial charge in [-0.05, 0) is 48.0 Å². The lowest BCUT2D eigenvalue weighted by molar-refractivity contribution is -0.110. The topological polar surface area (TPSA) is 93.4 Å². The molecule has 0 bridgehead atoms. The fourth-order valence-electron chi connectivity index (χ4n) is 3.27. The van der Waals surface area contributed by atoms with Crippen LogP contribution in [-0.2, 0) is 9.53 Å². The summed E-state index contributed by atoms with van der Waals surface area (Å²) in [6, 6.07) is 21.8. The molecule has 29 heavy (non-hydrogen) atoms. The van der Waals surface area contributed by atoms with Crippen molar-refractivity contribution in [1.82, 2.24) is 0 Å². The van der Waals surface area contributed by atoms with Crippen molar-refractivity contribution in [1.29, 1.82) is 0 Å². The molecule has 0 aliphatic carbocycles. The van der Waals surface area contributed by atoms with Gasteiger partial charge >= 0.3 is 5.97 Å². The third kappa shape index (κ3) is 3.55. The molecule has 0 aromatic heterocycles. The fraction of sp³-hybridized carbons (Fsp3) is 0.0435. The monoisotopic (exact) mass is 385 g/mol. The Morgan fingerprint density at radius 2 is 1.69 bits per heavy atom. The summed E-state index contributed by atoms with van der Waals surface area (Å²) in [7, 11) is 1.34. The summed E-state index contributed by atoms with van der Waals surface area (Å²) in [5.74, 6) is -0.608. The Morgan fingerprint density at radius 3 is 2.38 bits per heavy atom. The van der Waals surface area contributed by atoms with E-state index < -0.39 is 5.97 Å². The van der Waals surface area contributed by atoms with Crippen molar-refractivity contribution in [3.63, 3.8) is 0 Å². The molecule has 3 aromatic rings. The molecular weight excluding hydrogens is 366 g/mol. The number of nitrogens with one attached hydrogen (secondary N) is 2. The van der Waals surface area contributed by atoms with Gasteiger partial charge in [-0.3, -0.25) is 4.79 Å². The molecule has 0 fully saturated rings. The van der Waals surface area contributed by atoms with Gasteiger partial charge < -0.3 is 21.1 Å². The third-order valence-corrected chi connectivity index (χ3v) is 4.68. The van der Waals surface area contributed by atoms with E-state index in [-0.39, 0.29) is 5.91 Å². The molecule has 1 heterocycles. The molecule has 1 aliphatic rings. The molecule has 0 unspecified atom stereocenters. The number of ether oxygens (including phenoxy) is 1. The number of carbonyl (C=O) groups excluding carboxylic acids is 2. The Labute approximate surface area is 168 Å². The summed E-state index contributed by atoms with van der Waals surface area (Å²) in [5, 5.41) is 6.22. The Morgan fingerprint density at radius 1 is 0.966 bits per heavy atom. The molecule has 4 rings (SSSR count). The lowest BCUT2D eigenvalue weighted by Crippen LogP contribution is -2.10. The highest BCUT2D eigenvalue weighted by atomic mass is 16.5. The summed E-state index contributed by atoms with van der Waals surface area (Å²) < 4.78 is 4.74. The predicted molar refractivity (Wildman–Crippen MR) is 114 cm³/mol. The van der Waals surface area contributed by atoms with Gasteiger partial charge in [0.05, 0.1) is 29.6 Å². The van der Waals surface area contributed by atoms with Gasteiger partial charge in [0, 0.05) is 16.9 Å². The van der Waals surface area contributed by atoms with Crippen molar-refractivity contribution in [2.45, 2.75) is 0 Å². The molecule has 0 saturated heterocycles. The Bertz CT molecular complexity index is 1120. The van der Waals surface area contributed by atoms with E-state index in [0.717, 1.165) is 16.8 Å². The number of benzene rings is 3. The van der Waals surface area contributed by atoms with Crippen LogP contribution in [0.15, 0.2) is 72.8 Å². The Kier molecular flexibility index (Phi) is 4.75. The second kappa shape index (κ2) is 7.52. The predicted octanol–water partition coefficient (Wildman–Crippen LogP) is 3.99. The fourth-order valence-corrected chi connectivity index (χ4v) is 3.27. The van der Waals surface area contributed by atoms with E-state index in [1.165, 1.54) is 7.11 Å². The van der Waals surface area contributed by atoms with Crippen LogP contribution >= 0.6 is 0 Å². The van der Waals surface area contributed by atoms with Crippen molar-refractivity contribution in [2.24, 2.45) is 0 Å². The van der Waals surface area contributed by atoms with Gasteiger partial charge in [-0.25, -0.2) is 4.79 Å². The lowest BCUT2D eigenvalue weighted by Gasteiger charge is -2.15. The Hall–Kier alpha value is -4.06. The zero-order valence-electron chi connectivity index (χ0n) is 15.7. The van der Waals surface area contributed by atoms with Crippen molar-refractivity contribution in [2.75, 3.05) is 23.5 Å². The number of fused-ring (bicyclic) bond motifs is 1. The number of anilines is 3. The highest BCUT2D eigenvalue weighted by molar-refractivity contribution is 6.37. The van der Waals surface area contributed by atoms with E-state index in [9.17, 15) is 9.59 Å². The molecule has 6 nitrogen and oxygen atoms in total. The van der Waals surface area contributed by atoms with Crippen LogP contribution in [0.25, 0.3) is 11.3 Å². The number of methoxy groups -OCH3 is 1. The van der Waals surface area contributed by atoms with Gasteiger partial charge in [0.15, 0.2) is 0 Å². The molecule has 0 saturated carbocycles. The van der Waals surface area contributed by atoms with Gasteiger partial charge in [0.25, 0.3) is 5.91 Å². The maximum Gasteiger partial charge on any atom is 0.337 e. The molecule has 0 atom stereocenters. The van der Waals surface area contributed by atoms with E-state index in [1.54, 1.807) is 36.4 Å². The second-order valence-corrected chi connectivity index (χ2v) is 6.57. The number of hydrogen-bond acceptors (Lipinski definition) is 5. The first kappa shape index (κ1) is 18.3. The van der Waals surface area contributed by atoms with Crippen LogP contribution in [-0.4, -0.2) is 19.0 Å². The van der Waals surface area contributed by atoms with Crippen LogP contribution in [0, 0.1) is 0 Å². The summed E-state index contributed by atoms with van der Waals surface area (Å²) >= 11 is 0. The molecular formula is C23H19N3O3. The number of carbonyl (C=O) groups is 2. The zero-order valence-corrected chi connectivity index (χ0v) is 15.7. The maximum absolute atomic E-state index is 12.8. The quantitative estimate of drug-likeness (QED) is 0.359. The maximum atomic E-state index is 12.8. The van der Waals surface area contributed by atoms with E-state index in [1.807, 2.05) is 36.4 Å². The van der Waals surface area contributed by atoms with Crippen molar-refractivity contribution in [3.05, 3.63) is 89.5 Å². The third-order valence-electron chi connectivity index (χ3n) is 4.68. The van der Waals surface area contributed by atoms with E-state index in [0.29, 0.717) is 28.2 Å². The number of esters is 1. The van der Waals surface area contributed by atoms with Gasteiger partial charge in [0.2, 0.25) is 0 Å².